The molecule has 0 bridgehead atoms. The second kappa shape index (κ2) is 11.1. The number of nitrogens with zero attached hydrogens (tertiary/aromatic N) is 1. The molecule has 1 heterocycles. The number of hydrogen-bond acceptors (Lipinski definition) is 5. The van der Waals surface area contributed by atoms with Gasteiger partial charge in [0.05, 0.1) is 6.04 Å². The van der Waals surface area contributed by atoms with Crippen molar-refractivity contribution >= 4 is 23.7 Å². The molecule has 0 aromatic heterocycles. The van der Waals surface area contributed by atoms with Crippen LogP contribution in [0.4, 0.5) is 0 Å². The standard InChI is InChI=1S/C20H30N6O4/c21-14(12-13-6-2-1-3-7-13)18(28)26-11-5-9-16(26)17(27)25-15(19(29)30)8-4-10-24-20(22)23/h1-3,6-7,14-16H,4-5,8-12,21H2,(H,25,27)(H,29,30)(H4,22,23,24). The highest BCUT2D eigenvalue weighted by atomic mass is 16.4. The Balaban J connectivity index is 1.93. The molecule has 164 valence electrons. The number of carbonyl (C=O) groups is 3. The maximum absolute atomic E-state index is 12.8. The van der Waals surface area contributed by atoms with Crippen molar-refractivity contribution in [2.75, 3.05) is 13.1 Å². The first-order valence-electron chi connectivity index (χ1n) is 10.0. The Hall–Kier alpha value is -3.14. The van der Waals surface area contributed by atoms with Gasteiger partial charge in [0.1, 0.15) is 12.1 Å². The van der Waals surface area contributed by atoms with Crippen LogP contribution in [0.3, 0.4) is 0 Å². The van der Waals surface area contributed by atoms with Gasteiger partial charge in [-0.1, -0.05) is 30.3 Å². The van der Waals surface area contributed by atoms with Crippen molar-refractivity contribution in [1.82, 2.24) is 15.5 Å². The minimum atomic E-state index is -1.15. The van der Waals surface area contributed by atoms with Gasteiger partial charge < -0.3 is 32.1 Å². The molecule has 2 amide bonds. The molecule has 0 aliphatic carbocycles. The molecule has 2 rings (SSSR count). The largest absolute Gasteiger partial charge is 0.480 e. The predicted molar refractivity (Wildman–Crippen MR) is 112 cm³/mol. The molecule has 3 unspecified atom stereocenters. The molecular formula is C20H30N6O4. The molecule has 3 atom stereocenters. The van der Waals surface area contributed by atoms with Gasteiger partial charge in [0.25, 0.3) is 0 Å². The molecule has 0 radical (unpaired) electrons. The lowest BCUT2D eigenvalue weighted by Crippen LogP contribution is -2.54. The number of benzene rings is 1. The van der Waals surface area contributed by atoms with E-state index in [4.69, 9.17) is 16.9 Å². The van der Waals surface area contributed by atoms with Crippen molar-refractivity contribution in [2.24, 2.45) is 11.5 Å². The molecule has 0 saturated carbocycles. The summed E-state index contributed by atoms with van der Waals surface area (Å²) in [5, 5.41) is 21.6. The number of aliphatic carboxylic acids is 1. The number of likely N-dealkylation sites (tertiary alicyclic amines) is 1. The van der Waals surface area contributed by atoms with Crippen LogP contribution < -0.4 is 22.1 Å². The first-order valence-corrected chi connectivity index (χ1v) is 10.0. The number of hydrogen-bond donors (Lipinski definition) is 6. The van der Waals surface area contributed by atoms with Crippen molar-refractivity contribution in [3.8, 4) is 0 Å². The van der Waals surface area contributed by atoms with Gasteiger partial charge in [0, 0.05) is 13.1 Å². The summed E-state index contributed by atoms with van der Waals surface area (Å²) in [4.78, 5) is 38.5. The van der Waals surface area contributed by atoms with Crippen LogP contribution in [0.1, 0.15) is 31.2 Å². The van der Waals surface area contributed by atoms with E-state index in [0.717, 1.165) is 5.56 Å². The van der Waals surface area contributed by atoms with E-state index in [-0.39, 0.29) is 18.3 Å². The lowest BCUT2D eigenvalue weighted by Gasteiger charge is -2.28. The van der Waals surface area contributed by atoms with Crippen molar-refractivity contribution in [3.63, 3.8) is 0 Å². The van der Waals surface area contributed by atoms with E-state index in [2.05, 4.69) is 10.6 Å². The number of nitrogens with one attached hydrogen (secondary N) is 3. The summed E-state index contributed by atoms with van der Waals surface area (Å²) < 4.78 is 0. The molecule has 1 aliphatic rings. The number of carboxylic acids is 1. The Kier molecular flexibility index (Phi) is 8.60. The predicted octanol–water partition coefficient (Wildman–Crippen LogP) is -0.620. The first-order chi connectivity index (χ1) is 14.3. The number of carbonyl (C=O) groups excluding carboxylic acids is 2. The number of carboxylic acid groups (broad SMARTS) is 1. The van der Waals surface area contributed by atoms with Crippen LogP contribution in [0.2, 0.25) is 0 Å². The fourth-order valence-corrected chi connectivity index (χ4v) is 3.53. The Morgan fingerprint density at radius 3 is 2.60 bits per heavy atom. The van der Waals surface area contributed by atoms with E-state index < -0.39 is 30.0 Å². The van der Waals surface area contributed by atoms with E-state index in [1.165, 1.54) is 4.90 Å². The fraction of sp³-hybridized carbons (Fsp3) is 0.500. The van der Waals surface area contributed by atoms with Crippen LogP contribution in [-0.2, 0) is 20.8 Å². The summed E-state index contributed by atoms with van der Waals surface area (Å²) >= 11 is 0. The van der Waals surface area contributed by atoms with Gasteiger partial charge in [-0.3, -0.25) is 15.0 Å². The molecule has 10 nitrogen and oxygen atoms in total. The lowest BCUT2D eigenvalue weighted by molar-refractivity contribution is -0.144. The number of amides is 2. The first kappa shape index (κ1) is 23.1. The van der Waals surface area contributed by atoms with Gasteiger partial charge in [0.2, 0.25) is 11.8 Å². The van der Waals surface area contributed by atoms with Crippen LogP contribution in [0.5, 0.6) is 0 Å². The minimum absolute atomic E-state index is 0.176. The van der Waals surface area contributed by atoms with Crippen LogP contribution in [-0.4, -0.2) is 65.0 Å². The average molecular weight is 418 g/mol. The van der Waals surface area contributed by atoms with Gasteiger partial charge in [0.15, 0.2) is 5.96 Å². The van der Waals surface area contributed by atoms with E-state index in [0.29, 0.717) is 38.8 Å². The highest BCUT2D eigenvalue weighted by Gasteiger charge is 2.37. The van der Waals surface area contributed by atoms with Gasteiger partial charge in [-0.2, -0.15) is 0 Å². The second-order valence-corrected chi connectivity index (χ2v) is 7.37. The van der Waals surface area contributed by atoms with Gasteiger partial charge in [-0.25, -0.2) is 4.79 Å². The molecule has 1 aromatic rings. The summed E-state index contributed by atoms with van der Waals surface area (Å²) in [7, 11) is 0. The highest BCUT2D eigenvalue weighted by Crippen LogP contribution is 2.19. The van der Waals surface area contributed by atoms with Crippen LogP contribution in [0, 0.1) is 5.41 Å². The number of nitrogens with two attached hydrogens (primary N) is 2. The molecule has 10 heteroatoms. The molecule has 0 spiro atoms. The fourth-order valence-electron chi connectivity index (χ4n) is 3.53. The van der Waals surface area contributed by atoms with E-state index >= 15 is 0 Å². The zero-order valence-corrected chi connectivity index (χ0v) is 16.8. The summed E-state index contributed by atoms with van der Waals surface area (Å²) in [6.07, 6.45) is 2.07. The molecule has 30 heavy (non-hydrogen) atoms. The third-order valence-electron chi connectivity index (χ3n) is 5.05. The SMILES string of the molecule is N=C(N)NCCCC(NC(=O)C1CCCN1C(=O)C(N)Cc1ccccc1)C(=O)O. The third kappa shape index (κ3) is 6.73. The molecule has 1 saturated heterocycles. The van der Waals surface area contributed by atoms with Crippen LogP contribution >= 0.6 is 0 Å². The summed E-state index contributed by atoms with van der Waals surface area (Å²) in [5.41, 5.74) is 12.2. The smallest absolute Gasteiger partial charge is 0.326 e. The van der Waals surface area contributed by atoms with Gasteiger partial charge >= 0.3 is 5.97 Å². The Morgan fingerprint density at radius 2 is 1.97 bits per heavy atom. The van der Waals surface area contributed by atoms with Crippen molar-refractivity contribution in [3.05, 3.63) is 35.9 Å². The maximum atomic E-state index is 12.8. The topological polar surface area (TPSA) is 175 Å². The summed E-state index contributed by atoms with van der Waals surface area (Å²) in [5.74, 6) is -2.14. The quantitative estimate of drug-likeness (QED) is 0.167. The van der Waals surface area contributed by atoms with E-state index in [1.807, 2.05) is 30.3 Å². The molecule has 8 N–H and O–H groups in total. The van der Waals surface area contributed by atoms with Crippen molar-refractivity contribution < 1.29 is 19.5 Å². The summed E-state index contributed by atoms with van der Waals surface area (Å²) in [6, 6.07) is 6.83. The van der Waals surface area contributed by atoms with Crippen molar-refractivity contribution in [2.45, 2.75) is 50.2 Å². The number of rotatable bonds is 10. The zero-order chi connectivity index (χ0) is 22.1. The van der Waals surface area contributed by atoms with E-state index in [1.54, 1.807) is 0 Å². The Labute approximate surface area is 175 Å². The summed E-state index contributed by atoms with van der Waals surface area (Å²) in [6.45, 7) is 0.747. The van der Waals surface area contributed by atoms with E-state index in [9.17, 15) is 19.5 Å². The molecule has 1 aliphatic heterocycles. The minimum Gasteiger partial charge on any atom is -0.480 e. The number of guanidine groups is 1. The molecule has 1 aromatic carbocycles. The average Bonchev–Trinajstić information content (AvgIpc) is 3.19. The second-order valence-electron chi connectivity index (χ2n) is 7.37. The van der Waals surface area contributed by atoms with Crippen LogP contribution in [0.25, 0.3) is 0 Å². The zero-order valence-electron chi connectivity index (χ0n) is 16.8. The molecular weight excluding hydrogens is 388 g/mol. The van der Waals surface area contributed by atoms with Gasteiger partial charge in [-0.15, -0.1) is 0 Å². The normalized spacial score (nSPS) is 17.8. The van der Waals surface area contributed by atoms with Crippen LogP contribution in [0.15, 0.2) is 30.3 Å². The monoisotopic (exact) mass is 418 g/mol. The lowest BCUT2D eigenvalue weighted by atomic mass is 10.0. The highest BCUT2D eigenvalue weighted by molar-refractivity contribution is 5.92. The van der Waals surface area contributed by atoms with Crippen molar-refractivity contribution in [1.29, 1.82) is 5.41 Å². The Bertz CT molecular complexity index is 757. The third-order valence-corrected chi connectivity index (χ3v) is 5.05. The molecule has 1 fully saturated rings. The maximum Gasteiger partial charge on any atom is 0.326 e. The van der Waals surface area contributed by atoms with Gasteiger partial charge in [-0.05, 0) is 37.7 Å². The Morgan fingerprint density at radius 1 is 1.27 bits per heavy atom.